The quantitative estimate of drug-likeness (QED) is 0.0985. The number of rotatable bonds is 5. The third-order valence-electron chi connectivity index (χ3n) is 12.6. The van der Waals surface area contributed by atoms with Crippen LogP contribution in [0.25, 0.3) is 30.6 Å². The number of aryl methyl sites for hydroxylation is 1. The maximum absolute atomic E-state index is 10.0. The number of aliphatic hydroxyl groups is 1. The van der Waals surface area contributed by atoms with Gasteiger partial charge in [-0.2, -0.15) is 0 Å². The first-order valence-electron chi connectivity index (χ1n) is 21.7. The number of benzene rings is 4. The van der Waals surface area contributed by atoms with Crippen molar-refractivity contribution in [1.29, 1.82) is 0 Å². The van der Waals surface area contributed by atoms with Gasteiger partial charge in [0.05, 0.1) is 78.2 Å². The zero-order valence-corrected chi connectivity index (χ0v) is 43.8. The molecule has 5 aromatic rings. The molecule has 70 heavy (non-hydrogen) atoms. The van der Waals surface area contributed by atoms with E-state index in [9.17, 15) is 5.11 Å². The molecule has 21 heteroatoms. The van der Waals surface area contributed by atoms with Crippen molar-refractivity contribution in [1.82, 2.24) is 9.97 Å². The topological polar surface area (TPSA) is 161 Å². The van der Waals surface area contributed by atoms with Crippen molar-refractivity contribution in [2.24, 2.45) is 11.1 Å². The molecule has 8 rings (SSSR count). The van der Waals surface area contributed by atoms with Crippen LogP contribution in [0.2, 0.25) is 20.1 Å². The molecule has 5 N–H and O–H groups in total. The summed E-state index contributed by atoms with van der Waals surface area (Å²) in [5.74, 6) is 0.701. The predicted molar refractivity (Wildman–Crippen MR) is 283 cm³/mol. The summed E-state index contributed by atoms with van der Waals surface area (Å²) in [7, 11) is -2.15. The monoisotopic (exact) mass is 1090 g/mol. The number of hydrogen-bond acceptors (Lipinski definition) is 10. The molecular formula is C49H49B2BrCl4N8O6. The summed E-state index contributed by atoms with van der Waals surface area (Å²) in [6.45, 7) is 41.7. The van der Waals surface area contributed by atoms with Crippen LogP contribution in [0.3, 0.4) is 0 Å². The average molecular weight is 1090 g/mol. The molecule has 0 amide bonds. The molecule has 0 bridgehead atoms. The van der Waals surface area contributed by atoms with Gasteiger partial charge in [0.1, 0.15) is 5.69 Å². The second-order valence-corrected chi connectivity index (χ2v) is 19.8. The lowest BCUT2D eigenvalue weighted by Gasteiger charge is -2.42. The van der Waals surface area contributed by atoms with Crippen molar-refractivity contribution in [3.05, 3.63) is 154 Å². The van der Waals surface area contributed by atoms with Crippen molar-refractivity contribution < 1.29 is 29.2 Å². The van der Waals surface area contributed by atoms with Gasteiger partial charge in [-0.1, -0.05) is 129 Å². The van der Waals surface area contributed by atoms with Crippen LogP contribution in [-0.4, -0.2) is 82.4 Å². The van der Waals surface area contributed by atoms with Gasteiger partial charge in [-0.25, -0.2) is 29.3 Å². The standard InChI is InChI=1S/C22H26ClN5O2.C13H15BClNO2.C7H5BClNO2.C7H3BrClN/c1-13-19(15-5-4-6-16(25-3)18(15)23)27-17(11-29)21(26-13)28-9-7-22(8-10-28)12-30-14(2)20(22)24;1-12(2)13(3,4)18-14(17-12)9-7-6-8-10(16-5)11(9)15;1-10-6-4-2-3-5(7(6)9)8(11)12;1-10-6-4-2-3-5(8)7(6)9/h4-6,14,20,29H,7-12,24H2,1-2H3;6-8H,1-4H3;2-4,11-12H;2-4H/t14-,20+;;;/m0.../s1. The van der Waals surface area contributed by atoms with E-state index in [-0.39, 0.29) is 40.3 Å². The Morgan fingerprint density at radius 1 is 0.771 bits per heavy atom. The molecule has 1 aromatic heterocycles. The van der Waals surface area contributed by atoms with E-state index in [4.69, 9.17) is 112 Å². The third-order valence-corrected chi connectivity index (χ3v) is 15.1. The van der Waals surface area contributed by atoms with Gasteiger partial charge in [0, 0.05) is 44.6 Å². The van der Waals surface area contributed by atoms with E-state index in [0.29, 0.717) is 72.7 Å². The van der Waals surface area contributed by atoms with Crippen LogP contribution in [0.15, 0.2) is 77.3 Å². The van der Waals surface area contributed by atoms with E-state index in [2.05, 4.69) is 40.2 Å². The zero-order valence-electron chi connectivity index (χ0n) is 39.1. The van der Waals surface area contributed by atoms with Crippen LogP contribution in [-0.2, 0) is 20.7 Å². The Hall–Kier alpha value is -4.79. The van der Waals surface area contributed by atoms with Gasteiger partial charge in [-0.05, 0) is 71.4 Å². The highest BCUT2D eigenvalue weighted by molar-refractivity contribution is 9.10. The molecule has 1 spiro atoms. The Morgan fingerprint density at radius 2 is 1.27 bits per heavy atom. The van der Waals surface area contributed by atoms with Gasteiger partial charge in [-0.3, -0.25) is 0 Å². The smallest absolute Gasteiger partial charge is 0.423 e. The number of aromatic nitrogens is 2. The second-order valence-electron chi connectivity index (χ2n) is 17.5. The maximum Gasteiger partial charge on any atom is 0.495 e. The van der Waals surface area contributed by atoms with Gasteiger partial charge < -0.3 is 39.8 Å². The summed E-state index contributed by atoms with van der Waals surface area (Å²) < 4.78 is 18.4. The number of aliphatic hydroxyl groups excluding tert-OH is 1. The van der Waals surface area contributed by atoms with Gasteiger partial charge in [-0.15, -0.1) is 0 Å². The summed E-state index contributed by atoms with van der Waals surface area (Å²) in [5.41, 5.74) is 10.5. The van der Waals surface area contributed by atoms with Crippen LogP contribution in [0.1, 0.15) is 58.8 Å². The number of hydrogen-bond donors (Lipinski definition) is 4. The minimum absolute atomic E-state index is 0.0193. The van der Waals surface area contributed by atoms with Gasteiger partial charge in [0.25, 0.3) is 0 Å². The molecule has 14 nitrogen and oxygen atoms in total. The molecular weight excluding hydrogens is 1040 g/mol. The maximum atomic E-state index is 10.0. The summed E-state index contributed by atoms with van der Waals surface area (Å²) in [6, 6.07) is 20.4. The van der Waals surface area contributed by atoms with Gasteiger partial charge in [0.2, 0.25) is 22.7 Å². The normalized spacial score (nSPS) is 18.0. The number of nitrogens with two attached hydrogens (primary N) is 1. The fourth-order valence-electron chi connectivity index (χ4n) is 7.76. The molecule has 362 valence electrons. The number of ether oxygens (including phenoxy) is 1. The molecule has 0 saturated carbocycles. The van der Waals surface area contributed by atoms with E-state index < -0.39 is 25.4 Å². The van der Waals surface area contributed by atoms with Crippen molar-refractivity contribution in [3.8, 4) is 11.3 Å². The molecule has 0 aliphatic carbocycles. The molecule has 4 aromatic carbocycles. The van der Waals surface area contributed by atoms with Crippen molar-refractivity contribution >= 4 is 116 Å². The number of nitrogens with zero attached hydrogens (tertiary/aromatic N) is 7. The van der Waals surface area contributed by atoms with Gasteiger partial charge >= 0.3 is 14.2 Å². The molecule has 3 saturated heterocycles. The Bertz CT molecular complexity index is 2870. The molecule has 3 aliphatic heterocycles. The number of halogens is 5. The fourth-order valence-corrected chi connectivity index (χ4v) is 9.06. The Morgan fingerprint density at radius 3 is 1.77 bits per heavy atom. The molecule has 3 aliphatic rings. The van der Waals surface area contributed by atoms with Crippen LogP contribution in [0.4, 0.5) is 28.6 Å². The molecule has 0 unspecified atom stereocenters. The van der Waals surface area contributed by atoms with Crippen LogP contribution in [0, 0.1) is 38.6 Å². The SMILES string of the molecule is [C-]#[N+]c1cccc(-c2nc(CO)c(N3CCC4(CC3)CO[C@@H](C)[C@H]4N)nc2C)c1Cl.[C-]#[N+]c1cccc(B(O)O)c1Cl.[C-]#[N+]c1cccc(B2OC(C)(C)C(C)(C)O2)c1Cl.[C-]#[N+]c1cccc(Br)c1Cl. The lowest BCUT2D eigenvalue weighted by molar-refractivity contribution is 0.00578. The Balaban J connectivity index is 0.000000193. The Kier molecular flexibility index (Phi) is 19.3. The first-order chi connectivity index (χ1) is 33.1. The fraction of sp³-hybridized carbons (Fsp3) is 0.347. The highest BCUT2D eigenvalue weighted by atomic mass is 79.9. The summed E-state index contributed by atoms with van der Waals surface area (Å²) in [6.07, 6.45) is 1.93. The van der Waals surface area contributed by atoms with Crippen LogP contribution in [0.5, 0.6) is 0 Å². The van der Waals surface area contributed by atoms with Crippen molar-refractivity contribution in [2.75, 3.05) is 24.6 Å². The lowest BCUT2D eigenvalue weighted by atomic mass is 9.73. The predicted octanol–water partition coefficient (Wildman–Crippen LogP) is 10.9. The molecule has 4 heterocycles. The largest absolute Gasteiger partial charge is 0.495 e. The van der Waals surface area contributed by atoms with E-state index in [0.717, 1.165) is 30.4 Å². The summed E-state index contributed by atoms with van der Waals surface area (Å²) in [5, 5.41) is 28.9. The molecule has 3 fully saturated rings. The van der Waals surface area contributed by atoms with E-state index in [1.165, 1.54) is 12.1 Å². The zero-order chi connectivity index (χ0) is 51.7. The third kappa shape index (κ3) is 12.4. The summed E-state index contributed by atoms with van der Waals surface area (Å²) >= 11 is 27.2. The second kappa shape index (κ2) is 24.1. The Labute approximate surface area is 438 Å². The minimum atomic E-state index is -1.63. The van der Waals surface area contributed by atoms with E-state index in [1.54, 1.807) is 48.5 Å². The lowest BCUT2D eigenvalue weighted by Crippen LogP contribution is -2.51. The van der Waals surface area contributed by atoms with Crippen molar-refractivity contribution in [3.63, 3.8) is 0 Å². The van der Waals surface area contributed by atoms with Crippen molar-refractivity contribution in [2.45, 2.75) is 84.3 Å². The first-order valence-corrected chi connectivity index (χ1v) is 24.0. The van der Waals surface area contributed by atoms with Gasteiger partial charge in [0.15, 0.2) is 5.82 Å². The number of piperidine rings is 1. The van der Waals surface area contributed by atoms with Crippen LogP contribution >= 0.6 is 62.3 Å². The molecule has 2 atom stereocenters. The highest BCUT2D eigenvalue weighted by Gasteiger charge is 2.52. The number of anilines is 1. The minimum Gasteiger partial charge on any atom is -0.423 e. The highest BCUT2D eigenvalue weighted by Crippen LogP contribution is 2.43. The van der Waals surface area contributed by atoms with Crippen LogP contribution < -0.4 is 21.6 Å². The van der Waals surface area contributed by atoms with E-state index in [1.807, 2.05) is 53.7 Å². The van der Waals surface area contributed by atoms with E-state index >= 15 is 0 Å². The average Bonchev–Trinajstić information content (AvgIpc) is 3.74. The molecule has 0 radical (unpaired) electrons. The summed E-state index contributed by atoms with van der Waals surface area (Å²) in [4.78, 5) is 24.8. The first kappa shape index (κ1) is 56.1.